The van der Waals surface area contributed by atoms with Gasteiger partial charge >= 0.3 is 0 Å². The average Bonchev–Trinajstić information content (AvgIpc) is 2.54. The fourth-order valence-corrected chi connectivity index (χ4v) is 2.54. The lowest BCUT2D eigenvalue weighted by Crippen LogP contribution is -2.08. The van der Waals surface area contributed by atoms with Gasteiger partial charge in [-0.2, -0.15) is 0 Å². The van der Waals surface area contributed by atoms with Crippen molar-refractivity contribution in [1.82, 2.24) is 0 Å². The van der Waals surface area contributed by atoms with E-state index in [2.05, 4.69) is 5.32 Å². The van der Waals surface area contributed by atoms with Crippen LogP contribution in [-0.4, -0.2) is 19.3 Å². The van der Waals surface area contributed by atoms with Gasteiger partial charge in [-0.3, -0.25) is 0 Å². The number of ether oxygens (including phenoxy) is 2. The summed E-state index contributed by atoms with van der Waals surface area (Å²) in [5.41, 5.74) is 2.59. The molecule has 0 amide bonds. The molecule has 0 bridgehead atoms. The van der Waals surface area contributed by atoms with Gasteiger partial charge in [0.15, 0.2) is 0 Å². The number of halogens is 1. The van der Waals surface area contributed by atoms with E-state index in [1.54, 1.807) is 20.3 Å². The molecule has 1 atom stereocenters. The Morgan fingerprint density at radius 3 is 2.41 bits per heavy atom. The van der Waals surface area contributed by atoms with Crippen LogP contribution in [0.1, 0.15) is 24.1 Å². The Kier molecular flexibility index (Phi) is 5.52. The molecule has 0 radical (unpaired) electrons. The van der Waals surface area contributed by atoms with Gasteiger partial charge in [-0.1, -0.05) is 11.6 Å². The molecule has 0 heterocycles. The molecule has 0 aliphatic carbocycles. The van der Waals surface area contributed by atoms with Crippen LogP contribution in [0.15, 0.2) is 36.4 Å². The summed E-state index contributed by atoms with van der Waals surface area (Å²) < 4.78 is 10.6. The molecule has 0 aromatic heterocycles. The summed E-state index contributed by atoms with van der Waals surface area (Å²) in [6.45, 7) is 1.95. The summed E-state index contributed by atoms with van der Waals surface area (Å²) in [7, 11) is 3.22. The largest absolute Gasteiger partial charge is 0.496 e. The van der Waals surface area contributed by atoms with Gasteiger partial charge < -0.3 is 19.9 Å². The fourth-order valence-electron chi connectivity index (χ4n) is 2.36. The summed E-state index contributed by atoms with van der Waals surface area (Å²) in [5, 5.41) is 13.4. The van der Waals surface area contributed by atoms with E-state index in [9.17, 15) is 5.11 Å². The molecule has 2 N–H and O–H groups in total. The highest BCUT2D eigenvalue weighted by Gasteiger charge is 2.13. The highest BCUT2D eigenvalue weighted by Crippen LogP contribution is 2.31. The minimum Gasteiger partial charge on any atom is -0.496 e. The Balaban J connectivity index is 2.25. The molecular weight excluding hydrogens is 302 g/mol. The van der Waals surface area contributed by atoms with Crippen molar-refractivity contribution >= 4 is 17.3 Å². The van der Waals surface area contributed by atoms with Crippen molar-refractivity contribution < 1.29 is 14.6 Å². The van der Waals surface area contributed by atoms with E-state index in [-0.39, 0.29) is 12.6 Å². The van der Waals surface area contributed by atoms with Gasteiger partial charge in [0.05, 0.1) is 26.9 Å². The molecule has 0 aliphatic heterocycles. The van der Waals surface area contributed by atoms with Crippen LogP contribution in [0.2, 0.25) is 5.02 Å². The fraction of sp³-hybridized carbons (Fsp3) is 0.294. The number of rotatable bonds is 6. The summed E-state index contributed by atoms with van der Waals surface area (Å²) in [4.78, 5) is 0. The lowest BCUT2D eigenvalue weighted by Gasteiger charge is -2.19. The third-order valence-electron chi connectivity index (χ3n) is 3.49. The molecule has 2 aromatic rings. The first kappa shape index (κ1) is 16.5. The van der Waals surface area contributed by atoms with Crippen LogP contribution >= 0.6 is 11.6 Å². The number of nitrogens with one attached hydrogen (secondary N) is 1. The van der Waals surface area contributed by atoms with Crippen molar-refractivity contribution in [2.75, 3.05) is 19.5 Å². The average molecular weight is 322 g/mol. The maximum absolute atomic E-state index is 9.40. The van der Waals surface area contributed by atoms with Crippen LogP contribution < -0.4 is 14.8 Å². The summed E-state index contributed by atoms with van der Waals surface area (Å²) in [6, 6.07) is 11.1. The predicted octanol–water partition coefficient (Wildman–Crippen LogP) is 4.02. The smallest absolute Gasteiger partial charge is 0.124 e. The third-order valence-corrected chi connectivity index (χ3v) is 3.73. The molecule has 0 fully saturated rings. The Bertz CT molecular complexity index is 646. The minimum absolute atomic E-state index is 0.00594. The maximum Gasteiger partial charge on any atom is 0.124 e. The van der Waals surface area contributed by atoms with E-state index in [1.807, 2.05) is 37.3 Å². The molecule has 0 spiro atoms. The second kappa shape index (κ2) is 7.38. The van der Waals surface area contributed by atoms with Crippen molar-refractivity contribution in [3.8, 4) is 11.5 Å². The quantitative estimate of drug-likeness (QED) is 0.843. The summed E-state index contributed by atoms with van der Waals surface area (Å²) >= 11 is 6.08. The second-order valence-corrected chi connectivity index (χ2v) is 5.37. The minimum atomic E-state index is -0.0758. The van der Waals surface area contributed by atoms with Gasteiger partial charge in [0, 0.05) is 21.8 Å². The summed E-state index contributed by atoms with van der Waals surface area (Å²) in [5.74, 6) is 1.45. The molecule has 2 rings (SSSR count). The lowest BCUT2D eigenvalue weighted by atomic mass is 10.1. The van der Waals surface area contributed by atoms with E-state index < -0.39 is 0 Å². The molecule has 5 heteroatoms. The molecule has 1 unspecified atom stereocenters. The Morgan fingerprint density at radius 2 is 1.77 bits per heavy atom. The third kappa shape index (κ3) is 3.64. The number of hydrogen-bond acceptors (Lipinski definition) is 4. The molecule has 0 aliphatic rings. The van der Waals surface area contributed by atoms with Gasteiger partial charge in [-0.05, 0) is 43.3 Å². The number of aliphatic hydroxyl groups is 1. The van der Waals surface area contributed by atoms with Gasteiger partial charge in [-0.15, -0.1) is 0 Å². The molecule has 0 saturated heterocycles. The van der Waals surface area contributed by atoms with Crippen molar-refractivity contribution in [3.63, 3.8) is 0 Å². The normalized spacial score (nSPS) is 11.9. The zero-order chi connectivity index (χ0) is 16.1. The van der Waals surface area contributed by atoms with Crippen LogP contribution in [0.4, 0.5) is 5.69 Å². The van der Waals surface area contributed by atoms with Crippen molar-refractivity contribution in [2.24, 2.45) is 0 Å². The molecule has 4 nitrogen and oxygen atoms in total. The molecule has 118 valence electrons. The predicted molar refractivity (Wildman–Crippen MR) is 89.0 cm³/mol. The van der Waals surface area contributed by atoms with E-state index in [0.717, 1.165) is 22.6 Å². The highest BCUT2D eigenvalue weighted by atomic mass is 35.5. The van der Waals surface area contributed by atoms with Crippen molar-refractivity contribution in [3.05, 3.63) is 52.5 Å². The number of anilines is 1. The molecular formula is C17H20ClNO3. The SMILES string of the molecule is COc1ccc(NC(C)c2cc(Cl)ccc2OC)cc1CO. The standard InChI is InChI=1S/C17H20ClNO3/c1-11(15-9-13(18)4-6-17(15)22-3)19-14-5-7-16(21-2)12(8-14)10-20/h4-9,11,19-20H,10H2,1-3H3. The second-order valence-electron chi connectivity index (χ2n) is 4.94. The number of hydrogen-bond donors (Lipinski definition) is 2. The monoisotopic (exact) mass is 321 g/mol. The number of methoxy groups -OCH3 is 2. The van der Waals surface area contributed by atoms with E-state index >= 15 is 0 Å². The molecule has 2 aromatic carbocycles. The van der Waals surface area contributed by atoms with Crippen LogP contribution in [0.5, 0.6) is 11.5 Å². The summed E-state index contributed by atoms with van der Waals surface area (Å²) in [6.07, 6.45) is 0. The zero-order valence-corrected chi connectivity index (χ0v) is 13.6. The topological polar surface area (TPSA) is 50.7 Å². The maximum atomic E-state index is 9.40. The Hall–Kier alpha value is -1.91. The first-order valence-corrected chi connectivity index (χ1v) is 7.34. The highest BCUT2D eigenvalue weighted by molar-refractivity contribution is 6.30. The Morgan fingerprint density at radius 1 is 1.09 bits per heavy atom. The van der Waals surface area contributed by atoms with Gasteiger partial charge in [0.2, 0.25) is 0 Å². The van der Waals surface area contributed by atoms with Crippen molar-refractivity contribution in [1.29, 1.82) is 0 Å². The van der Waals surface area contributed by atoms with Crippen LogP contribution in [-0.2, 0) is 6.61 Å². The van der Waals surface area contributed by atoms with E-state index in [4.69, 9.17) is 21.1 Å². The van der Waals surface area contributed by atoms with Gasteiger partial charge in [-0.25, -0.2) is 0 Å². The zero-order valence-electron chi connectivity index (χ0n) is 12.9. The van der Waals surface area contributed by atoms with Gasteiger partial charge in [0.1, 0.15) is 11.5 Å². The van der Waals surface area contributed by atoms with Crippen molar-refractivity contribution in [2.45, 2.75) is 19.6 Å². The van der Waals surface area contributed by atoms with Crippen LogP contribution in [0.25, 0.3) is 0 Å². The number of benzene rings is 2. The van der Waals surface area contributed by atoms with E-state index in [0.29, 0.717) is 10.8 Å². The molecule has 22 heavy (non-hydrogen) atoms. The van der Waals surface area contributed by atoms with Crippen LogP contribution in [0, 0.1) is 0 Å². The van der Waals surface area contributed by atoms with E-state index in [1.165, 1.54) is 0 Å². The number of aliphatic hydroxyl groups excluding tert-OH is 1. The molecule has 0 saturated carbocycles. The van der Waals surface area contributed by atoms with Crippen LogP contribution in [0.3, 0.4) is 0 Å². The first-order valence-electron chi connectivity index (χ1n) is 6.96. The Labute approximate surface area is 135 Å². The lowest BCUT2D eigenvalue weighted by molar-refractivity contribution is 0.274. The first-order chi connectivity index (χ1) is 10.6. The van der Waals surface area contributed by atoms with Gasteiger partial charge in [0.25, 0.3) is 0 Å².